The predicted octanol–water partition coefficient (Wildman–Crippen LogP) is 0.383. The lowest BCUT2D eigenvalue weighted by molar-refractivity contribution is -0.445. The Hall–Kier alpha value is -2.18. The minimum Gasteiger partial charge on any atom is -0.478 e. The Labute approximate surface area is 72.1 Å². The highest BCUT2D eigenvalue weighted by atomic mass is 16.7. The Morgan fingerprint density at radius 2 is 2.38 bits per heavy atom. The quantitative estimate of drug-likeness (QED) is 0.518. The van der Waals surface area contributed by atoms with Crippen LogP contribution in [-0.2, 0) is 0 Å². The molecule has 0 spiro atoms. The predicted molar refractivity (Wildman–Crippen MR) is 41.8 cm³/mol. The lowest BCUT2D eigenvalue weighted by atomic mass is 10.2. The average molecular weight is 183 g/mol. The Balaban J connectivity index is 3.04. The van der Waals surface area contributed by atoms with Crippen LogP contribution in [0.25, 0.3) is 0 Å². The Bertz CT molecular complexity index is 351. The second-order valence-electron chi connectivity index (χ2n) is 2.10. The van der Waals surface area contributed by atoms with E-state index >= 15 is 0 Å². The van der Waals surface area contributed by atoms with Gasteiger partial charge in [0.15, 0.2) is 5.03 Å². The molecule has 1 aromatic rings. The van der Waals surface area contributed by atoms with Crippen LogP contribution in [0.2, 0.25) is 0 Å². The zero-order valence-corrected chi connectivity index (χ0v) is 6.30. The molecule has 0 aromatic carbocycles. The highest BCUT2D eigenvalue weighted by molar-refractivity contribution is 5.93. The number of aromatic carboxylic acids is 1. The molecule has 0 radical (unpaired) electrons. The summed E-state index contributed by atoms with van der Waals surface area (Å²) in [6, 6.07) is 1.21. The topological polar surface area (TPSA) is 105 Å². The van der Waals surface area contributed by atoms with Gasteiger partial charge in [-0.2, -0.15) is 0 Å². The lowest BCUT2D eigenvalue weighted by Gasteiger charge is -1.99. The Kier molecular flexibility index (Phi) is 2.38. The van der Waals surface area contributed by atoms with Gasteiger partial charge in [0.2, 0.25) is 0 Å². The van der Waals surface area contributed by atoms with Crippen LogP contribution in [0.4, 0.5) is 5.69 Å². The molecular formula is C6H5N3O4. The van der Waals surface area contributed by atoms with E-state index in [4.69, 9.17) is 5.11 Å². The number of pyridine rings is 1. The summed E-state index contributed by atoms with van der Waals surface area (Å²) in [6.07, 6.45) is 2.30. The normalized spacial score (nSPS) is 9.23. The van der Waals surface area contributed by atoms with Crippen LogP contribution in [-0.4, -0.2) is 21.1 Å². The summed E-state index contributed by atoms with van der Waals surface area (Å²) in [7, 11) is 0. The summed E-state index contributed by atoms with van der Waals surface area (Å²) in [5.41, 5.74) is 1.43. The minimum absolute atomic E-state index is 0.0903. The Morgan fingerprint density at radius 3 is 2.92 bits per heavy atom. The van der Waals surface area contributed by atoms with Crippen LogP contribution in [0.15, 0.2) is 18.5 Å². The van der Waals surface area contributed by atoms with E-state index < -0.39 is 11.0 Å². The summed E-state index contributed by atoms with van der Waals surface area (Å²) in [6.45, 7) is 0. The number of nitrogens with zero attached hydrogens (tertiary/aromatic N) is 2. The molecule has 0 bridgehead atoms. The molecule has 0 aliphatic heterocycles. The molecule has 2 N–H and O–H groups in total. The molecule has 0 aliphatic carbocycles. The molecule has 0 saturated carbocycles. The van der Waals surface area contributed by atoms with Crippen LogP contribution in [0, 0.1) is 10.1 Å². The number of aromatic nitrogens is 1. The molecule has 13 heavy (non-hydrogen) atoms. The molecule has 0 fully saturated rings. The van der Waals surface area contributed by atoms with Gasteiger partial charge < -0.3 is 5.11 Å². The fourth-order valence-corrected chi connectivity index (χ4v) is 0.761. The van der Waals surface area contributed by atoms with Crippen molar-refractivity contribution in [2.75, 3.05) is 5.43 Å². The first-order chi connectivity index (χ1) is 6.11. The van der Waals surface area contributed by atoms with E-state index in [0.717, 1.165) is 6.20 Å². The summed E-state index contributed by atoms with van der Waals surface area (Å²) in [5, 5.41) is 17.8. The molecule has 0 unspecified atom stereocenters. The van der Waals surface area contributed by atoms with E-state index in [1.165, 1.54) is 12.3 Å². The van der Waals surface area contributed by atoms with E-state index in [0.29, 0.717) is 0 Å². The third kappa shape index (κ3) is 2.12. The van der Waals surface area contributed by atoms with Crippen LogP contribution >= 0.6 is 0 Å². The molecule has 1 rings (SSSR count). The van der Waals surface area contributed by atoms with Crippen LogP contribution in [0.5, 0.6) is 0 Å². The molecule has 0 amide bonds. The van der Waals surface area contributed by atoms with Crippen molar-refractivity contribution >= 4 is 11.7 Å². The number of rotatable bonds is 3. The fraction of sp³-hybridized carbons (Fsp3) is 0. The first-order valence-corrected chi connectivity index (χ1v) is 3.19. The zero-order valence-electron chi connectivity index (χ0n) is 6.30. The van der Waals surface area contributed by atoms with Gasteiger partial charge in [0, 0.05) is 12.4 Å². The number of carbonyl (C=O) groups is 1. The minimum atomic E-state index is -1.27. The van der Waals surface area contributed by atoms with E-state index in [-0.39, 0.29) is 11.3 Å². The van der Waals surface area contributed by atoms with Crippen molar-refractivity contribution in [3.05, 3.63) is 34.1 Å². The van der Waals surface area contributed by atoms with Crippen molar-refractivity contribution in [3.63, 3.8) is 0 Å². The smallest absolute Gasteiger partial charge is 0.339 e. The molecule has 0 saturated heterocycles. The van der Waals surface area contributed by atoms with Gasteiger partial charge in [0.1, 0.15) is 11.3 Å². The maximum absolute atomic E-state index is 10.5. The first-order valence-electron chi connectivity index (χ1n) is 3.19. The average Bonchev–Trinajstić information content (AvgIpc) is 2.03. The van der Waals surface area contributed by atoms with Crippen molar-refractivity contribution in [3.8, 4) is 0 Å². The first kappa shape index (κ1) is 8.91. The van der Waals surface area contributed by atoms with Crippen molar-refractivity contribution in [2.24, 2.45) is 0 Å². The summed E-state index contributed by atoms with van der Waals surface area (Å²) in [4.78, 5) is 24.1. The van der Waals surface area contributed by atoms with Gasteiger partial charge in [-0.25, -0.2) is 14.9 Å². The third-order valence-electron chi connectivity index (χ3n) is 1.26. The van der Waals surface area contributed by atoms with Gasteiger partial charge in [-0.1, -0.05) is 0 Å². The van der Waals surface area contributed by atoms with Crippen molar-refractivity contribution in [1.82, 2.24) is 4.98 Å². The van der Waals surface area contributed by atoms with Crippen molar-refractivity contribution in [1.29, 1.82) is 0 Å². The van der Waals surface area contributed by atoms with Gasteiger partial charge in [-0.05, 0) is 6.07 Å². The number of nitrogens with one attached hydrogen (secondary N) is 1. The van der Waals surface area contributed by atoms with E-state index in [1.54, 1.807) is 5.43 Å². The van der Waals surface area contributed by atoms with Gasteiger partial charge >= 0.3 is 5.97 Å². The second kappa shape index (κ2) is 3.48. The SMILES string of the molecule is O=C(O)c1cnccc1N[N+](=O)[O-]. The number of carboxylic acid groups (broad SMARTS) is 1. The monoisotopic (exact) mass is 183 g/mol. The summed E-state index contributed by atoms with van der Waals surface area (Å²) >= 11 is 0. The second-order valence-corrected chi connectivity index (χ2v) is 2.10. The standard InChI is InChI=1S/C6H5N3O4/c10-6(11)4-3-7-2-1-5(4)8-9(12)13/h1-3H,(H,7,8)(H,10,11). The number of hydrogen-bond donors (Lipinski definition) is 2. The van der Waals surface area contributed by atoms with E-state index in [2.05, 4.69) is 4.98 Å². The number of carboxylic acids is 1. The van der Waals surface area contributed by atoms with Crippen LogP contribution in [0.1, 0.15) is 10.4 Å². The largest absolute Gasteiger partial charge is 0.478 e. The van der Waals surface area contributed by atoms with Gasteiger partial charge in [0.05, 0.1) is 0 Å². The summed E-state index contributed by atoms with van der Waals surface area (Å²) < 4.78 is 0. The van der Waals surface area contributed by atoms with Gasteiger partial charge in [-0.3, -0.25) is 4.98 Å². The summed E-state index contributed by atoms with van der Waals surface area (Å²) in [5.74, 6) is -1.27. The van der Waals surface area contributed by atoms with Crippen molar-refractivity contribution < 1.29 is 14.9 Å². The molecule has 0 atom stereocenters. The molecule has 1 aromatic heterocycles. The van der Waals surface area contributed by atoms with Crippen LogP contribution in [0.3, 0.4) is 0 Å². The highest BCUT2D eigenvalue weighted by Gasteiger charge is 2.12. The Morgan fingerprint density at radius 1 is 1.69 bits per heavy atom. The van der Waals surface area contributed by atoms with E-state index in [1.807, 2.05) is 0 Å². The number of nitro groups is 1. The maximum Gasteiger partial charge on any atom is 0.339 e. The van der Waals surface area contributed by atoms with E-state index in [9.17, 15) is 14.9 Å². The third-order valence-corrected chi connectivity index (χ3v) is 1.26. The maximum atomic E-state index is 10.5. The number of hydrogen-bond acceptors (Lipinski definition) is 4. The molecular weight excluding hydrogens is 178 g/mol. The molecule has 7 heteroatoms. The lowest BCUT2D eigenvalue weighted by Crippen LogP contribution is -2.12. The van der Waals surface area contributed by atoms with Crippen LogP contribution < -0.4 is 5.43 Å². The molecule has 7 nitrogen and oxygen atoms in total. The van der Waals surface area contributed by atoms with Gasteiger partial charge in [0.25, 0.3) is 0 Å². The zero-order chi connectivity index (χ0) is 9.84. The molecule has 0 aliphatic rings. The number of anilines is 1. The highest BCUT2D eigenvalue weighted by Crippen LogP contribution is 2.12. The fourth-order valence-electron chi connectivity index (χ4n) is 0.761. The number of hydrazine groups is 1. The van der Waals surface area contributed by atoms with Crippen molar-refractivity contribution in [2.45, 2.75) is 0 Å². The molecule has 68 valence electrons. The van der Waals surface area contributed by atoms with Gasteiger partial charge in [-0.15, -0.1) is 5.43 Å². The molecule has 1 heterocycles.